The molecule has 0 radical (unpaired) electrons. The monoisotopic (exact) mass is 273 g/mol. The Kier molecular flexibility index (Phi) is 3.74. The molecule has 1 aliphatic heterocycles. The van der Waals surface area contributed by atoms with Crippen LogP contribution in [0.15, 0.2) is 28.7 Å². The Hall–Kier alpha value is -1.81. The highest BCUT2D eigenvalue weighted by Crippen LogP contribution is 2.22. The van der Waals surface area contributed by atoms with Gasteiger partial charge in [-0.25, -0.2) is 4.79 Å². The van der Waals surface area contributed by atoms with Gasteiger partial charge < -0.3 is 9.52 Å². The first-order valence-electron chi connectivity index (χ1n) is 7.20. The van der Waals surface area contributed by atoms with Crippen LogP contribution in [0.5, 0.6) is 0 Å². The van der Waals surface area contributed by atoms with Crippen molar-refractivity contribution in [1.82, 2.24) is 4.90 Å². The summed E-state index contributed by atoms with van der Waals surface area (Å²) < 4.78 is 5.28. The molecule has 20 heavy (non-hydrogen) atoms. The third kappa shape index (κ3) is 2.85. The van der Waals surface area contributed by atoms with E-state index in [1.54, 1.807) is 6.07 Å². The quantitative estimate of drug-likeness (QED) is 0.929. The zero-order valence-electron chi connectivity index (χ0n) is 11.5. The Morgan fingerprint density at radius 1 is 1.15 bits per heavy atom. The largest absolute Gasteiger partial charge is 0.475 e. The summed E-state index contributed by atoms with van der Waals surface area (Å²) in [6.07, 6.45) is 5.21. The van der Waals surface area contributed by atoms with E-state index < -0.39 is 5.97 Å². The molecule has 0 spiro atoms. The number of carboxylic acid groups (broad SMARTS) is 1. The van der Waals surface area contributed by atoms with Gasteiger partial charge in [-0.3, -0.25) is 4.90 Å². The van der Waals surface area contributed by atoms with Crippen LogP contribution < -0.4 is 0 Å². The number of fused-ring (bicyclic) bond motifs is 1. The van der Waals surface area contributed by atoms with E-state index in [2.05, 4.69) is 4.90 Å². The van der Waals surface area contributed by atoms with Gasteiger partial charge in [-0.1, -0.05) is 18.9 Å². The van der Waals surface area contributed by atoms with Gasteiger partial charge in [0.15, 0.2) is 0 Å². The summed E-state index contributed by atoms with van der Waals surface area (Å²) >= 11 is 0. The summed E-state index contributed by atoms with van der Waals surface area (Å²) in [5, 5.41) is 9.82. The molecule has 0 unspecified atom stereocenters. The van der Waals surface area contributed by atoms with Crippen molar-refractivity contribution in [3.8, 4) is 0 Å². The van der Waals surface area contributed by atoms with Crippen molar-refractivity contribution in [3.05, 3.63) is 35.6 Å². The predicted molar refractivity (Wildman–Crippen MR) is 76.9 cm³/mol. The van der Waals surface area contributed by atoms with Crippen LogP contribution in [0.1, 0.15) is 41.8 Å². The summed E-state index contributed by atoms with van der Waals surface area (Å²) in [5.41, 5.74) is 1.86. The molecule has 2 aromatic rings. The summed E-state index contributed by atoms with van der Waals surface area (Å²) in [4.78, 5) is 13.4. The summed E-state index contributed by atoms with van der Waals surface area (Å²) in [6.45, 7) is 3.25. The molecule has 1 fully saturated rings. The van der Waals surface area contributed by atoms with E-state index in [9.17, 15) is 4.79 Å². The topological polar surface area (TPSA) is 53.7 Å². The fourth-order valence-electron chi connectivity index (χ4n) is 2.85. The van der Waals surface area contributed by atoms with Crippen LogP contribution in [0.4, 0.5) is 0 Å². The predicted octanol–water partition coefficient (Wildman–Crippen LogP) is 3.51. The van der Waals surface area contributed by atoms with Gasteiger partial charge in [-0.05, 0) is 49.7 Å². The molecule has 4 heteroatoms. The molecule has 1 aliphatic rings. The van der Waals surface area contributed by atoms with Crippen molar-refractivity contribution in [2.75, 3.05) is 13.1 Å². The van der Waals surface area contributed by atoms with Crippen molar-refractivity contribution in [1.29, 1.82) is 0 Å². The molecule has 0 bridgehead atoms. The maximum Gasteiger partial charge on any atom is 0.371 e. The molecular weight excluding hydrogens is 254 g/mol. The standard InChI is InChI=1S/C16H19NO3/c18-16(19)15-10-13-9-12(5-6-14(13)20-15)11-17-7-3-1-2-4-8-17/h5-6,9-10H,1-4,7-8,11H2,(H,18,19). The van der Waals surface area contributed by atoms with E-state index in [1.807, 2.05) is 18.2 Å². The van der Waals surface area contributed by atoms with E-state index in [-0.39, 0.29) is 5.76 Å². The number of carboxylic acids is 1. The number of hydrogen-bond acceptors (Lipinski definition) is 3. The zero-order valence-corrected chi connectivity index (χ0v) is 11.5. The lowest BCUT2D eigenvalue weighted by atomic mass is 10.1. The minimum atomic E-state index is -1.02. The second kappa shape index (κ2) is 5.67. The molecular formula is C16H19NO3. The molecule has 0 aliphatic carbocycles. The molecule has 1 saturated heterocycles. The van der Waals surface area contributed by atoms with E-state index >= 15 is 0 Å². The highest BCUT2D eigenvalue weighted by atomic mass is 16.4. The average molecular weight is 273 g/mol. The van der Waals surface area contributed by atoms with Crippen LogP contribution in [-0.4, -0.2) is 29.1 Å². The first-order valence-corrected chi connectivity index (χ1v) is 7.20. The van der Waals surface area contributed by atoms with Gasteiger partial charge in [0.05, 0.1) is 0 Å². The molecule has 0 atom stereocenters. The number of rotatable bonds is 3. The molecule has 0 amide bonds. The summed E-state index contributed by atoms with van der Waals surface area (Å²) in [5.74, 6) is -1.01. The number of hydrogen-bond donors (Lipinski definition) is 1. The minimum absolute atomic E-state index is 0.00641. The number of benzene rings is 1. The second-order valence-electron chi connectivity index (χ2n) is 5.48. The van der Waals surface area contributed by atoms with Crippen molar-refractivity contribution in [2.45, 2.75) is 32.2 Å². The van der Waals surface area contributed by atoms with Crippen molar-refractivity contribution in [2.24, 2.45) is 0 Å². The fraction of sp³-hybridized carbons (Fsp3) is 0.438. The van der Waals surface area contributed by atoms with Gasteiger partial charge >= 0.3 is 5.97 Å². The Morgan fingerprint density at radius 3 is 2.60 bits per heavy atom. The maximum atomic E-state index is 10.9. The highest BCUT2D eigenvalue weighted by molar-refractivity contribution is 5.91. The second-order valence-corrected chi connectivity index (χ2v) is 5.48. The van der Waals surface area contributed by atoms with Crippen LogP contribution in [0, 0.1) is 0 Å². The van der Waals surface area contributed by atoms with Crippen molar-refractivity contribution in [3.63, 3.8) is 0 Å². The zero-order chi connectivity index (χ0) is 13.9. The van der Waals surface area contributed by atoms with E-state index in [4.69, 9.17) is 9.52 Å². The van der Waals surface area contributed by atoms with Gasteiger partial charge in [0.1, 0.15) is 5.58 Å². The number of nitrogens with zero attached hydrogens (tertiary/aromatic N) is 1. The normalized spacial score (nSPS) is 17.2. The molecule has 0 saturated carbocycles. The fourth-order valence-corrected chi connectivity index (χ4v) is 2.85. The van der Waals surface area contributed by atoms with Gasteiger partial charge in [0, 0.05) is 11.9 Å². The first kappa shape index (κ1) is 13.2. The maximum absolute atomic E-state index is 10.9. The lowest BCUT2D eigenvalue weighted by Gasteiger charge is -2.19. The third-order valence-electron chi connectivity index (χ3n) is 3.90. The Bertz CT molecular complexity index is 609. The molecule has 106 valence electrons. The number of carbonyl (C=O) groups is 1. The average Bonchev–Trinajstić information content (AvgIpc) is 2.69. The van der Waals surface area contributed by atoms with E-state index in [1.165, 1.54) is 31.2 Å². The minimum Gasteiger partial charge on any atom is -0.475 e. The van der Waals surface area contributed by atoms with E-state index in [0.717, 1.165) is 25.0 Å². The summed E-state index contributed by atoms with van der Waals surface area (Å²) in [7, 11) is 0. The lowest BCUT2D eigenvalue weighted by Crippen LogP contribution is -2.23. The third-order valence-corrected chi connectivity index (χ3v) is 3.90. The Labute approximate surface area is 118 Å². The molecule has 1 aromatic heterocycles. The van der Waals surface area contributed by atoms with Crippen molar-refractivity contribution >= 4 is 16.9 Å². The SMILES string of the molecule is O=C(O)c1cc2cc(CN3CCCCCC3)ccc2o1. The Balaban J connectivity index is 1.79. The van der Waals surface area contributed by atoms with Crippen LogP contribution in [0.3, 0.4) is 0 Å². The first-order chi connectivity index (χ1) is 9.72. The lowest BCUT2D eigenvalue weighted by molar-refractivity contribution is 0.0665. The Morgan fingerprint density at radius 2 is 1.90 bits per heavy atom. The number of aromatic carboxylic acids is 1. The van der Waals surface area contributed by atoms with Crippen LogP contribution in [0.2, 0.25) is 0 Å². The van der Waals surface area contributed by atoms with Gasteiger partial charge in [-0.2, -0.15) is 0 Å². The molecule has 1 N–H and O–H groups in total. The van der Waals surface area contributed by atoms with Crippen LogP contribution >= 0.6 is 0 Å². The molecule has 4 nitrogen and oxygen atoms in total. The number of likely N-dealkylation sites (tertiary alicyclic amines) is 1. The van der Waals surface area contributed by atoms with Gasteiger partial charge in [0.2, 0.25) is 5.76 Å². The molecule has 2 heterocycles. The molecule has 1 aromatic carbocycles. The summed E-state index contributed by atoms with van der Waals surface area (Å²) in [6, 6.07) is 7.54. The van der Waals surface area contributed by atoms with Gasteiger partial charge in [-0.15, -0.1) is 0 Å². The van der Waals surface area contributed by atoms with Gasteiger partial charge in [0.25, 0.3) is 0 Å². The number of furan rings is 1. The van der Waals surface area contributed by atoms with Crippen molar-refractivity contribution < 1.29 is 14.3 Å². The van der Waals surface area contributed by atoms with Crippen LogP contribution in [-0.2, 0) is 6.54 Å². The molecule has 3 rings (SSSR count). The highest BCUT2D eigenvalue weighted by Gasteiger charge is 2.13. The van der Waals surface area contributed by atoms with E-state index in [0.29, 0.717) is 5.58 Å². The smallest absolute Gasteiger partial charge is 0.371 e. The van der Waals surface area contributed by atoms with Crippen LogP contribution in [0.25, 0.3) is 11.0 Å².